The van der Waals surface area contributed by atoms with E-state index in [0.29, 0.717) is 16.9 Å². The van der Waals surface area contributed by atoms with Crippen molar-refractivity contribution < 1.29 is 0 Å². The number of nitrogens with zero attached hydrogens (tertiary/aromatic N) is 2. The maximum absolute atomic E-state index is 6.24. The summed E-state index contributed by atoms with van der Waals surface area (Å²) in [6, 6.07) is 4.32. The highest BCUT2D eigenvalue weighted by atomic mass is 35.5. The fraction of sp³-hybridized carbons (Fsp3) is 0.643. The van der Waals surface area contributed by atoms with E-state index in [4.69, 9.17) is 17.4 Å². The minimum Gasteiger partial charge on any atom is -0.308 e. The number of aromatic nitrogens is 1. The lowest BCUT2D eigenvalue weighted by Crippen LogP contribution is -2.36. The Balaban J connectivity index is 2.08. The van der Waals surface area contributed by atoms with Gasteiger partial charge in [-0.3, -0.25) is 4.90 Å². The largest absolute Gasteiger partial charge is 0.308 e. The molecule has 2 rings (SSSR count). The van der Waals surface area contributed by atoms with Crippen molar-refractivity contribution in [2.45, 2.75) is 51.6 Å². The fourth-order valence-electron chi connectivity index (χ4n) is 2.81. The van der Waals surface area contributed by atoms with Crippen LogP contribution in [-0.2, 0) is 6.54 Å². The highest BCUT2D eigenvalue weighted by molar-refractivity contribution is 6.31. The molecule has 106 valence electrons. The van der Waals surface area contributed by atoms with E-state index in [0.717, 1.165) is 18.8 Å². The lowest BCUT2D eigenvalue weighted by molar-refractivity contribution is 0.154. The molecule has 0 amide bonds. The molecule has 0 atom stereocenters. The maximum atomic E-state index is 6.24. The zero-order valence-corrected chi connectivity index (χ0v) is 12.3. The van der Waals surface area contributed by atoms with Crippen LogP contribution in [0.2, 0.25) is 5.02 Å². The van der Waals surface area contributed by atoms with Gasteiger partial charge in [0.15, 0.2) is 0 Å². The summed E-state index contributed by atoms with van der Waals surface area (Å²) < 4.78 is 0. The molecule has 5 heteroatoms. The lowest BCUT2D eigenvalue weighted by atomic mass is 9.94. The molecule has 0 spiro atoms. The van der Waals surface area contributed by atoms with Crippen LogP contribution in [0.15, 0.2) is 12.1 Å². The van der Waals surface area contributed by atoms with Crippen molar-refractivity contribution in [3.63, 3.8) is 0 Å². The first-order chi connectivity index (χ1) is 9.24. The fourth-order valence-corrected chi connectivity index (χ4v) is 2.98. The third-order valence-electron chi connectivity index (χ3n) is 3.92. The van der Waals surface area contributed by atoms with Crippen LogP contribution in [0.25, 0.3) is 0 Å². The van der Waals surface area contributed by atoms with Crippen molar-refractivity contribution in [1.29, 1.82) is 0 Å². The van der Waals surface area contributed by atoms with Crippen LogP contribution in [0.4, 0.5) is 5.82 Å². The van der Waals surface area contributed by atoms with Crippen LogP contribution in [0.5, 0.6) is 0 Å². The second kappa shape index (κ2) is 7.08. The first kappa shape index (κ1) is 14.6. The first-order valence-corrected chi connectivity index (χ1v) is 7.48. The van der Waals surface area contributed by atoms with Crippen molar-refractivity contribution in [3.05, 3.63) is 22.8 Å². The predicted molar refractivity (Wildman–Crippen MR) is 80.0 cm³/mol. The van der Waals surface area contributed by atoms with Gasteiger partial charge in [0.2, 0.25) is 0 Å². The number of hydrogen-bond donors (Lipinski definition) is 2. The van der Waals surface area contributed by atoms with Gasteiger partial charge in [0.1, 0.15) is 5.82 Å². The number of hydrogen-bond acceptors (Lipinski definition) is 4. The molecule has 0 radical (unpaired) electrons. The number of hydrazine groups is 1. The Bertz CT molecular complexity index is 404. The summed E-state index contributed by atoms with van der Waals surface area (Å²) in [5.74, 6) is 6.07. The second-order valence-electron chi connectivity index (χ2n) is 5.12. The first-order valence-electron chi connectivity index (χ1n) is 7.10. The molecule has 19 heavy (non-hydrogen) atoms. The third-order valence-corrected chi connectivity index (χ3v) is 4.26. The summed E-state index contributed by atoms with van der Waals surface area (Å²) in [5.41, 5.74) is 3.48. The number of rotatable bonds is 5. The van der Waals surface area contributed by atoms with E-state index >= 15 is 0 Å². The monoisotopic (exact) mass is 282 g/mol. The highest BCUT2D eigenvalue weighted by Gasteiger charge is 2.21. The average molecular weight is 283 g/mol. The van der Waals surface area contributed by atoms with E-state index in [9.17, 15) is 0 Å². The molecule has 0 aromatic carbocycles. The molecule has 0 aliphatic heterocycles. The Morgan fingerprint density at radius 3 is 2.74 bits per heavy atom. The van der Waals surface area contributed by atoms with E-state index in [2.05, 4.69) is 22.2 Å². The van der Waals surface area contributed by atoms with E-state index in [1.165, 1.54) is 32.1 Å². The van der Waals surface area contributed by atoms with Gasteiger partial charge in [-0.1, -0.05) is 37.8 Å². The van der Waals surface area contributed by atoms with Gasteiger partial charge in [-0.25, -0.2) is 10.8 Å². The van der Waals surface area contributed by atoms with Crippen LogP contribution >= 0.6 is 11.6 Å². The third kappa shape index (κ3) is 3.81. The van der Waals surface area contributed by atoms with Crippen LogP contribution in [0.3, 0.4) is 0 Å². The number of anilines is 1. The summed E-state index contributed by atoms with van der Waals surface area (Å²) in [7, 11) is 0. The predicted octanol–water partition coefficient (Wildman–Crippen LogP) is 3.18. The summed E-state index contributed by atoms with van der Waals surface area (Å²) in [6.07, 6.45) is 6.64. The van der Waals surface area contributed by atoms with Gasteiger partial charge in [-0.2, -0.15) is 0 Å². The summed E-state index contributed by atoms with van der Waals surface area (Å²) >= 11 is 6.24. The Morgan fingerprint density at radius 2 is 2.11 bits per heavy atom. The van der Waals surface area contributed by atoms with E-state index in [1.54, 1.807) is 6.07 Å². The molecule has 1 aromatic rings. The molecule has 1 aromatic heterocycles. The van der Waals surface area contributed by atoms with E-state index in [-0.39, 0.29) is 0 Å². The van der Waals surface area contributed by atoms with E-state index < -0.39 is 0 Å². The highest BCUT2D eigenvalue weighted by Crippen LogP contribution is 2.25. The SMILES string of the molecule is CCN(Cc1nc(NN)ccc1Cl)C1CCCCC1. The van der Waals surface area contributed by atoms with Crippen LogP contribution in [0.1, 0.15) is 44.7 Å². The molecule has 1 heterocycles. The van der Waals surface area contributed by atoms with Gasteiger partial charge in [0.05, 0.1) is 10.7 Å². The minimum atomic E-state index is 0.666. The van der Waals surface area contributed by atoms with Gasteiger partial charge in [0.25, 0.3) is 0 Å². The Hall–Kier alpha value is -0.840. The van der Waals surface area contributed by atoms with Crippen LogP contribution in [0, 0.1) is 0 Å². The minimum absolute atomic E-state index is 0.666. The van der Waals surface area contributed by atoms with Gasteiger partial charge in [-0.05, 0) is 31.5 Å². The number of pyridine rings is 1. The molecule has 1 saturated carbocycles. The van der Waals surface area contributed by atoms with Crippen molar-refractivity contribution in [2.75, 3.05) is 12.0 Å². The zero-order chi connectivity index (χ0) is 13.7. The van der Waals surface area contributed by atoms with Gasteiger partial charge in [-0.15, -0.1) is 0 Å². The summed E-state index contributed by atoms with van der Waals surface area (Å²) in [6.45, 7) is 4.03. The van der Waals surface area contributed by atoms with Gasteiger partial charge in [0, 0.05) is 12.6 Å². The van der Waals surface area contributed by atoms with Crippen molar-refractivity contribution in [2.24, 2.45) is 5.84 Å². The quantitative estimate of drug-likeness (QED) is 0.643. The Kier molecular flexibility index (Phi) is 5.43. The van der Waals surface area contributed by atoms with Gasteiger partial charge < -0.3 is 5.43 Å². The smallest absolute Gasteiger partial charge is 0.140 e. The molecule has 4 nitrogen and oxygen atoms in total. The maximum Gasteiger partial charge on any atom is 0.140 e. The Morgan fingerprint density at radius 1 is 1.37 bits per heavy atom. The molecule has 0 bridgehead atoms. The van der Waals surface area contributed by atoms with Crippen molar-refractivity contribution in [1.82, 2.24) is 9.88 Å². The molecule has 0 saturated heterocycles. The summed E-state index contributed by atoms with van der Waals surface area (Å²) in [4.78, 5) is 6.94. The number of nitrogen functional groups attached to an aromatic ring is 1. The lowest BCUT2D eigenvalue weighted by Gasteiger charge is -2.33. The number of halogens is 1. The molecule has 0 unspecified atom stereocenters. The van der Waals surface area contributed by atoms with Crippen molar-refractivity contribution >= 4 is 17.4 Å². The van der Waals surface area contributed by atoms with Crippen molar-refractivity contribution in [3.8, 4) is 0 Å². The van der Waals surface area contributed by atoms with Crippen LogP contribution < -0.4 is 11.3 Å². The molecular formula is C14H23ClN4. The Labute approximate surface area is 120 Å². The zero-order valence-electron chi connectivity index (χ0n) is 11.5. The molecule has 1 fully saturated rings. The molecule has 3 N–H and O–H groups in total. The molecule has 1 aliphatic rings. The number of nitrogens with two attached hydrogens (primary N) is 1. The van der Waals surface area contributed by atoms with Gasteiger partial charge >= 0.3 is 0 Å². The summed E-state index contributed by atoms with van der Waals surface area (Å²) in [5, 5.41) is 0.716. The van der Waals surface area contributed by atoms with E-state index in [1.807, 2.05) is 6.07 Å². The molecule has 1 aliphatic carbocycles. The second-order valence-corrected chi connectivity index (χ2v) is 5.53. The standard InChI is InChI=1S/C14H23ClN4/c1-2-19(11-6-4-3-5-7-11)10-13-12(15)8-9-14(17-13)18-16/h8-9,11H,2-7,10,16H2,1H3,(H,17,18). The average Bonchev–Trinajstić information content (AvgIpc) is 2.47. The normalized spacial score (nSPS) is 16.8. The number of nitrogens with one attached hydrogen (secondary N) is 1. The van der Waals surface area contributed by atoms with Crippen LogP contribution in [-0.4, -0.2) is 22.5 Å². The molecular weight excluding hydrogens is 260 g/mol. The topological polar surface area (TPSA) is 54.2 Å².